The van der Waals surface area contributed by atoms with Gasteiger partial charge in [0.15, 0.2) is 0 Å². The Kier molecular flexibility index (Phi) is 4.29. The molecule has 0 aliphatic carbocycles. The summed E-state index contributed by atoms with van der Waals surface area (Å²) in [6.07, 6.45) is 0. The monoisotopic (exact) mass is 234 g/mol. The number of amides is 1. The molecule has 0 aliphatic heterocycles. The van der Waals surface area contributed by atoms with Crippen molar-refractivity contribution < 1.29 is 4.79 Å². The number of rotatable bonds is 4. The molecule has 1 aromatic rings. The van der Waals surface area contributed by atoms with Crippen LogP contribution in [0.4, 0.5) is 0 Å². The first-order chi connectivity index (χ1) is 7.88. The Labute approximate surface area is 104 Å². The molecule has 0 radical (unpaired) electrons. The van der Waals surface area contributed by atoms with E-state index in [9.17, 15) is 4.79 Å². The summed E-state index contributed by atoms with van der Waals surface area (Å²) in [6, 6.07) is 8.11. The quantitative estimate of drug-likeness (QED) is 0.865. The minimum absolute atomic E-state index is 0.0863. The Balaban J connectivity index is 2.77. The molecule has 1 rings (SSSR count). The second kappa shape index (κ2) is 5.32. The van der Waals surface area contributed by atoms with Crippen LogP contribution in [-0.2, 0) is 11.3 Å². The lowest BCUT2D eigenvalue weighted by molar-refractivity contribution is -0.139. The van der Waals surface area contributed by atoms with Crippen LogP contribution in [0.15, 0.2) is 24.3 Å². The molecule has 0 saturated carbocycles. The minimum atomic E-state index is -0.489. The first-order valence-electron chi connectivity index (χ1n) is 5.88. The molecule has 2 N–H and O–H groups in total. The Morgan fingerprint density at radius 2 is 1.94 bits per heavy atom. The average Bonchev–Trinajstić information content (AvgIpc) is 2.31. The molecule has 94 valence electrons. The van der Waals surface area contributed by atoms with Crippen molar-refractivity contribution in [1.82, 2.24) is 4.90 Å². The molecule has 0 atom stereocenters. The van der Waals surface area contributed by atoms with Crippen LogP contribution < -0.4 is 5.73 Å². The third kappa shape index (κ3) is 3.30. The normalized spacial score (nSPS) is 11.4. The topological polar surface area (TPSA) is 46.3 Å². The van der Waals surface area contributed by atoms with Crippen LogP contribution >= 0.6 is 0 Å². The maximum atomic E-state index is 12.2. The Morgan fingerprint density at radius 3 is 2.47 bits per heavy atom. The highest BCUT2D eigenvalue weighted by atomic mass is 16.2. The molecule has 1 aromatic carbocycles. The van der Waals surface area contributed by atoms with E-state index in [0.29, 0.717) is 13.1 Å². The molecular formula is C14H22N2O. The van der Waals surface area contributed by atoms with E-state index >= 15 is 0 Å². The van der Waals surface area contributed by atoms with E-state index in [1.807, 2.05) is 33.0 Å². The van der Waals surface area contributed by atoms with Crippen LogP contribution in [0.2, 0.25) is 0 Å². The number of nitrogens with two attached hydrogens (primary N) is 1. The lowest BCUT2D eigenvalue weighted by Gasteiger charge is -2.28. The van der Waals surface area contributed by atoms with Crippen molar-refractivity contribution >= 4 is 5.91 Å². The van der Waals surface area contributed by atoms with E-state index < -0.39 is 5.41 Å². The predicted molar refractivity (Wildman–Crippen MR) is 70.5 cm³/mol. The minimum Gasteiger partial charge on any atom is -0.341 e. The summed E-state index contributed by atoms with van der Waals surface area (Å²) in [7, 11) is 1.83. The summed E-state index contributed by atoms with van der Waals surface area (Å²) in [5.74, 6) is 0.0863. The highest BCUT2D eigenvalue weighted by Crippen LogP contribution is 2.18. The molecule has 0 aromatic heterocycles. The molecule has 0 heterocycles. The molecule has 3 nitrogen and oxygen atoms in total. The fraction of sp³-hybridized carbons (Fsp3) is 0.500. The lowest BCUT2D eigenvalue weighted by atomic mass is 9.92. The third-order valence-corrected chi connectivity index (χ3v) is 3.10. The molecule has 3 heteroatoms. The van der Waals surface area contributed by atoms with E-state index in [4.69, 9.17) is 5.73 Å². The predicted octanol–water partition coefficient (Wildman–Crippen LogP) is 1.94. The summed E-state index contributed by atoms with van der Waals surface area (Å²) in [5.41, 5.74) is 7.52. The zero-order valence-corrected chi connectivity index (χ0v) is 11.2. The van der Waals surface area contributed by atoms with Crippen molar-refractivity contribution in [1.29, 1.82) is 0 Å². The van der Waals surface area contributed by atoms with Gasteiger partial charge in [-0.1, -0.05) is 24.3 Å². The fourth-order valence-electron chi connectivity index (χ4n) is 1.72. The smallest absolute Gasteiger partial charge is 0.229 e. The Morgan fingerprint density at radius 1 is 1.35 bits per heavy atom. The van der Waals surface area contributed by atoms with Gasteiger partial charge in [-0.3, -0.25) is 4.79 Å². The van der Waals surface area contributed by atoms with Crippen molar-refractivity contribution in [2.24, 2.45) is 11.1 Å². The van der Waals surface area contributed by atoms with Gasteiger partial charge in [0, 0.05) is 20.1 Å². The van der Waals surface area contributed by atoms with Crippen LogP contribution in [0.5, 0.6) is 0 Å². The lowest BCUT2D eigenvalue weighted by Crippen LogP contribution is -2.42. The Bertz CT molecular complexity index is 399. The van der Waals surface area contributed by atoms with Gasteiger partial charge < -0.3 is 10.6 Å². The standard InChI is InChI=1S/C14H22N2O/c1-11-7-5-6-8-12(11)9-16(4)13(17)14(2,3)10-15/h5-8H,9-10,15H2,1-4H3. The third-order valence-electron chi connectivity index (χ3n) is 3.10. The van der Waals surface area contributed by atoms with Crippen LogP contribution in [0, 0.1) is 12.3 Å². The molecule has 17 heavy (non-hydrogen) atoms. The number of nitrogens with zero attached hydrogens (tertiary/aromatic N) is 1. The molecule has 0 unspecified atom stereocenters. The van der Waals surface area contributed by atoms with Crippen molar-refractivity contribution in [2.75, 3.05) is 13.6 Å². The van der Waals surface area contributed by atoms with E-state index in [1.54, 1.807) is 4.90 Å². The second-order valence-corrected chi connectivity index (χ2v) is 5.18. The van der Waals surface area contributed by atoms with Crippen LogP contribution in [-0.4, -0.2) is 24.4 Å². The SMILES string of the molecule is Cc1ccccc1CN(C)C(=O)C(C)(C)CN. The largest absolute Gasteiger partial charge is 0.341 e. The van der Waals surface area contributed by atoms with Crippen molar-refractivity contribution in [3.8, 4) is 0 Å². The summed E-state index contributed by atoms with van der Waals surface area (Å²) in [4.78, 5) is 13.9. The zero-order chi connectivity index (χ0) is 13.1. The zero-order valence-electron chi connectivity index (χ0n) is 11.2. The average molecular weight is 234 g/mol. The number of aryl methyl sites for hydroxylation is 1. The molecular weight excluding hydrogens is 212 g/mol. The van der Waals surface area contributed by atoms with E-state index in [2.05, 4.69) is 19.1 Å². The van der Waals surface area contributed by atoms with Crippen molar-refractivity contribution in [3.63, 3.8) is 0 Å². The van der Waals surface area contributed by atoms with Crippen LogP contribution in [0.25, 0.3) is 0 Å². The molecule has 0 fully saturated rings. The summed E-state index contributed by atoms with van der Waals surface area (Å²) >= 11 is 0. The summed E-state index contributed by atoms with van der Waals surface area (Å²) < 4.78 is 0. The van der Waals surface area contributed by atoms with Gasteiger partial charge in [-0.05, 0) is 31.9 Å². The molecule has 0 saturated heterocycles. The van der Waals surface area contributed by atoms with Gasteiger partial charge in [0.25, 0.3) is 0 Å². The number of carbonyl (C=O) groups is 1. The summed E-state index contributed by atoms with van der Waals surface area (Å²) in [5, 5.41) is 0. The fourth-order valence-corrected chi connectivity index (χ4v) is 1.72. The molecule has 0 bridgehead atoms. The number of benzene rings is 1. The first kappa shape index (κ1) is 13.7. The molecule has 0 spiro atoms. The number of carbonyl (C=O) groups excluding carboxylic acids is 1. The number of hydrogen-bond donors (Lipinski definition) is 1. The highest BCUT2D eigenvalue weighted by molar-refractivity contribution is 5.82. The van der Waals surface area contributed by atoms with E-state index in [-0.39, 0.29) is 5.91 Å². The van der Waals surface area contributed by atoms with Crippen molar-refractivity contribution in [2.45, 2.75) is 27.3 Å². The van der Waals surface area contributed by atoms with E-state index in [0.717, 1.165) is 0 Å². The first-order valence-corrected chi connectivity index (χ1v) is 5.88. The van der Waals surface area contributed by atoms with Gasteiger partial charge in [0.05, 0.1) is 5.41 Å². The second-order valence-electron chi connectivity index (χ2n) is 5.18. The number of hydrogen-bond acceptors (Lipinski definition) is 2. The van der Waals surface area contributed by atoms with Gasteiger partial charge in [-0.25, -0.2) is 0 Å². The van der Waals surface area contributed by atoms with Gasteiger partial charge in [-0.2, -0.15) is 0 Å². The maximum Gasteiger partial charge on any atom is 0.229 e. The van der Waals surface area contributed by atoms with Gasteiger partial charge in [0.1, 0.15) is 0 Å². The van der Waals surface area contributed by atoms with E-state index in [1.165, 1.54) is 11.1 Å². The van der Waals surface area contributed by atoms with Gasteiger partial charge >= 0.3 is 0 Å². The molecule has 1 amide bonds. The van der Waals surface area contributed by atoms with Gasteiger partial charge in [-0.15, -0.1) is 0 Å². The Hall–Kier alpha value is -1.35. The van der Waals surface area contributed by atoms with Crippen molar-refractivity contribution in [3.05, 3.63) is 35.4 Å². The molecule has 0 aliphatic rings. The summed E-state index contributed by atoms with van der Waals surface area (Å²) in [6.45, 7) is 6.81. The van der Waals surface area contributed by atoms with Gasteiger partial charge in [0.2, 0.25) is 5.91 Å². The van der Waals surface area contributed by atoms with Crippen LogP contribution in [0.1, 0.15) is 25.0 Å². The maximum absolute atomic E-state index is 12.2. The highest BCUT2D eigenvalue weighted by Gasteiger charge is 2.28. The van der Waals surface area contributed by atoms with Crippen LogP contribution in [0.3, 0.4) is 0 Å².